The summed E-state index contributed by atoms with van der Waals surface area (Å²) in [6.45, 7) is 5.12. The Morgan fingerprint density at radius 2 is 2.37 bits per heavy atom. The van der Waals surface area contributed by atoms with Crippen LogP contribution in [-0.2, 0) is 4.79 Å². The molecule has 0 saturated carbocycles. The third kappa shape index (κ3) is 3.78. The third-order valence-electron chi connectivity index (χ3n) is 3.14. The summed E-state index contributed by atoms with van der Waals surface area (Å²) < 4.78 is 0. The molecule has 19 heavy (non-hydrogen) atoms. The van der Waals surface area contributed by atoms with Gasteiger partial charge in [0.05, 0.1) is 17.8 Å². The summed E-state index contributed by atoms with van der Waals surface area (Å²) in [5, 5.41) is 15.1. The van der Waals surface area contributed by atoms with Crippen molar-refractivity contribution in [2.45, 2.75) is 13.0 Å². The van der Waals surface area contributed by atoms with Crippen LogP contribution in [0.4, 0.5) is 5.69 Å². The normalized spacial score (nSPS) is 19.7. The summed E-state index contributed by atoms with van der Waals surface area (Å²) in [4.78, 5) is 14.1. The second-order valence-corrected chi connectivity index (χ2v) is 4.80. The van der Waals surface area contributed by atoms with Gasteiger partial charge in [-0.15, -0.1) is 0 Å². The van der Waals surface area contributed by atoms with Crippen LogP contribution in [0.3, 0.4) is 0 Å². The molecule has 0 bridgehead atoms. The predicted octanol–water partition coefficient (Wildman–Crippen LogP) is 0.790. The van der Waals surface area contributed by atoms with Gasteiger partial charge in [0.15, 0.2) is 0 Å². The number of nitrogens with one attached hydrogen (secondary N) is 2. The Hall–Kier alpha value is -1.90. The summed E-state index contributed by atoms with van der Waals surface area (Å²) in [6, 6.07) is 9.52. The molecule has 1 atom stereocenters. The zero-order chi connectivity index (χ0) is 13.7. The van der Waals surface area contributed by atoms with Gasteiger partial charge in [0, 0.05) is 25.7 Å². The lowest BCUT2D eigenvalue weighted by Crippen LogP contribution is -2.51. The predicted molar refractivity (Wildman–Crippen MR) is 73.7 cm³/mol. The molecular formula is C14H18N4O. The molecule has 1 heterocycles. The van der Waals surface area contributed by atoms with Crippen LogP contribution >= 0.6 is 0 Å². The van der Waals surface area contributed by atoms with Gasteiger partial charge in [0.1, 0.15) is 6.07 Å². The van der Waals surface area contributed by atoms with Crippen LogP contribution in [0.1, 0.15) is 12.5 Å². The van der Waals surface area contributed by atoms with E-state index in [2.05, 4.69) is 28.5 Å². The summed E-state index contributed by atoms with van der Waals surface area (Å²) in [5.74, 6) is -0.0724. The number of benzene rings is 1. The molecule has 100 valence electrons. The average Bonchev–Trinajstić information content (AvgIpc) is 2.39. The Kier molecular flexibility index (Phi) is 4.50. The van der Waals surface area contributed by atoms with E-state index in [0.29, 0.717) is 23.8 Å². The van der Waals surface area contributed by atoms with Gasteiger partial charge in [-0.2, -0.15) is 5.26 Å². The quantitative estimate of drug-likeness (QED) is 0.841. The van der Waals surface area contributed by atoms with Crippen LogP contribution in [0.2, 0.25) is 0 Å². The molecule has 1 saturated heterocycles. The van der Waals surface area contributed by atoms with Crippen LogP contribution in [0.5, 0.6) is 0 Å². The van der Waals surface area contributed by atoms with Gasteiger partial charge in [-0.1, -0.05) is 12.1 Å². The average molecular weight is 258 g/mol. The summed E-state index contributed by atoms with van der Waals surface area (Å²) in [7, 11) is 0. The first-order chi connectivity index (χ1) is 9.19. The van der Waals surface area contributed by atoms with Crippen molar-refractivity contribution in [2.75, 3.05) is 31.5 Å². The van der Waals surface area contributed by atoms with Crippen molar-refractivity contribution < 1.29 is 4.79 Å². The Balaban J connectivity index is 1.92. The Morgan fingerprint density at radius 3 is 3.11 bits per heavy atom. The molecule has 0 aliphatic carbocycles. The van der Waals surface area contributed by atoms with E-state index in [0.717, 1.165) is 19.6 Å². The van der Waals surface area contributed by atoms with Crippen molar-refractivity contribution in [3.05, 3.63) is 29.8 Å². The van der Waals surface area contributed by atoms with Crippen LogP contribution in [0.15, 0.2) is 24.3 Å². The molecule has 0 spiro atoms. The molecule has 5 heteroatoms. The molecule has 0 aromatic heterocycles. The van der Waals surface area contributed by atoms with E-state index in [1.807, 2.05) is 6.07 Å². The highest BCUT2D eigenvalue weighted by Crippen LogP contribution is 2.13. The molecule has 1 aromatic carbocycles. The monoisotopic (exact) mass is 258 g/mol. The second kappa shape index (κ2) is 6.32. The van der Waals surface area contributed by atoms with Gasteiger partial charge in [-0.05, 0) is 19.1 Å². The molecule has 1 aliphatic rings. The fourth-order valence-corrected chi connectivity index (χ4v) is 2.24. The molecule has 1 aliphatic heterocycles. The van der Waals surface area contributed by atoms with Crippen molar-refractivity contribution in [3.8, 4) is 6.07 Å². The minimum absolute atomic E-state index is 0.0724. The lowest BCUT2D eigenvalue weighted by molar-refractivity contribution is -0.117. The molecule has 5 nitrogen and oxygen atoms in total. The zero-order valence-corrected chi connectivity index (χ0v) is 11.0. The van der Waals surface area contributed by atoms with Crippen LogP contribution in [0.25, 0.3) is 0 Å². The Labute approximate surface area is 113 Å². The number of para-hydroxylation sites is 1. The number of hydrogen-bond donors (Lipinski definition) is 2. The van der Waals surface area contributed by atoms with E-state index in [4.69, 9.17) is 5.26 Å². The number of anilines is 1. The number of rotatable bonds is 3. The van der Waals surface area contributed by atoms with E-state index in [1.165, 1.54) is 0 Å². The maximum absolute atomic E-state index is 12.0. The fraction of sp³-hybridized carbons (Fsp3) is 0.429. The number of amides is 1. The topological polar surface area (TPSA) is 68.2 Å². The van der Waals surface area contributed by atoms with Gasteiger partial charge in [-0.25, -0.2) is 0 Å². The summed E-state index contributed by atoms with van der Waals surface area (Å²) in [6.07, 6.45) is 0. The number of nitriles is 1. The maximum Gasteiger partial charge on any atom is 0.238 e. The number of nitrogens with zero attached hydrogens (tertiary/aromatic N) is 2. The highest BCUT2D eigenvalue weighted by Gasteiger charge is 2.18. The maximum atomic E-state index is 12.0. The Morgan fingerprint density at radius 1 is 1.58 bits per heavy atom. The van der Waals surface area contributed by atoms with Crippen molar-refractivity contribution in [2.24, 2.45) is 0 Å². The lowest BCUT2D eigenvalue weighted by Gasteiger charge is -2.31. The summed E-state index contributed by atoms with van der Waals surface area (Å²) >= 11 is 0. The number of carbonyl (C=O) groups is 1. The molecular weight excluding hydrogens is 240 g/mol. The van der Waals surface area contributed by atoms with E-state index in [-0.39, 0.29) is 5.91 Å². The van der Waals surface area contributed by atoms with E-state index < -0.39 is 0 Å². The SMILES string of the molecule is C[C@H]1CN(CC(=O)Nc2ccccc2C#N)CCN1. The molecule has 2 N–H and O–H groups in total. The first kappa shape index (κ1) is 13.5. The minimum atomic E-state index is -0.0724. The van der Waals surface area contributed by atoms with Crippen LogP contribution in [-0.4, -0.2) is 43.0 Å². The van der Waals surface area contributed by atoms with Gasteiger partial charge in [-0.3, -0.25) is 9.69 Å². The van der Waals surface area contributed by atoms with Crippen molar-refractivity contribution >= 4 is 11.6 Å². The van der Waals surface area contributed by atoms with Crippen LogP contribution < -0.4 is 10.6 Å². The number of carbonyl (C=O) groups excluding carboxylic acids is 1. The molecule has 0 radical (unpaired) electrons. The molecule has 2 rings (SSSR count). The largest absolute Gasteiger partial charge is 0.324 e. The molecule has 1 amide bonds. The van der Waals surface area contributed by atoms with Gasteiger partial charge >= 0.3 is 0 Å². The number of hydrogen-bond acceptors (Lipinski definition) is 4. The molecule has 0 unspecified atom stereocenters. The van der Waals surface area contributed by atoms with E-state index in [1.54, 1.807) is 18.2 Å². The first-order valence-electron chi connectivity index (χ1n) is 6.44. The summed E-state index contributed by atoms with van der Waals surface area (Å²) in [5.41, 5.74) is 1.07. The standard InChI is InChI=1S/C14H18N4O/c1-11-9-18(7-6-16-11)10-14(19)17-13-5-3-2-4-12(13)8-15/h2-5,11,16H,6-7,9-10H2,1H3,(H,17,19)/t11-/m0/s1. The molecule has 1 fully saturated rings. The van der Waals surface area contributed by atoms with Gasteiger partial charge in [0.2, 0.25) is 5.91 Å². The first-order valence-corrected chi connectivity index (χ1v) is 6.44. The molecule has 1 aromatic rings. The van der Waals surface area contributed by atoms with Crippen LogP contribution in [0, 0.1) is 11.3 Å². The highest BCUT2D eigenvalue weighted by molar-refractivity contribution is 5.93. The highest BCUT2D eigenvalue weighted by atomic mass is 16.2. The van der Waals surface area contributed by atoms with Crippen molar-refractivity contribution in [1.82, 2.24) is 10.2 Å². The van der Waals surface area contributed by atoms with Gasteiger partial charge in [0.25, 0.3) is 0 Å². The second-order valence-electron chi connectivity index (χ2n) is 4.80. The van der Waals surface area contributed by atoms with Gasteiger partial charge < -0.3 is 10.6 Å². The fourth-order valence-electron chi connectivity index (χ4n) is 2.24. The number of piperazine rings is 1. The van der Waals surface area contributed by atoms with E-state index >= 15 is 0 Å². The minimum Gasteiger partial charge on any atom is -0.324 e. The van der Waals surface area contributed by atoms with Crippen molar-refractivity contribution in [3.63, 3.8) is 0 Å². The lowest BCUT2D eigenvalue weighted by atomic mass is 10.2. The van der Waals surface area contributed by atoms with Crippen molar-refractivity contribution in [1.29, 1.82) is 5.26 Å². The zero-order valence-electron chi connectivity index (χ0n) is 11.0. The third-order valence-corrected chi connectivity index (χ3v) is 3.14. The Bertz CT molecular complexity index is 494. The smallest absolute Gasteiger partial charge is 0.238 e. The van der Waals surface area contributed by atoms with E-state index in [9.17, 15) is 4.79 Å².